The van der Waals surface area contributed by atoms with Crippen LogP contribution in [0.1, 0.15) is 25.0 Å². The number of aryl methyl sites for hydroxylation is 2. The van der Waals surface area contributed by atoms with Gasteiger partial charge in [0.05, 0.1) is 5.41 Å². The molecule has 94 valence electrons. The van der Waals surface area contributed by atoms with Gasteiger partial charge >= 0.3 is 5.97 Å². The number of carboxylic acids is 1. The Morgan fingerprint density at radius 1 is 1.35 bits per heavy atom. The summed E-state index contributed by atoms with van der Waals surface area (Å²) in [5.41, 5.74) is 1.18. The van der Waals surface area contributed by atoms with Gasteiger partial charge in [-0.3, -0.25) is 4.79 Å². The Balaban J connectivity index is 2.83. The van der Waals surface area contributed by atoms with Crippen LogP contribution in [0.5, 0.6) is 5.75 Å². The van der Waals surface area contributed by atoms with Crippen LogP contribution in [0.25, 0.3) is 0 Å². The Kier molecular flexibility index (Phi) is 4.20. The second-order valence-electron chi connectivity index (χ2n) is 4.84. The van der Waals surface area contributed by atoms with Gasteiger partial charge in [-0.25, -0.2) is 0 Å². The average Bonchev–Trinajstić information content (AvgIpc) is 2.21. The van der Waals surface area contributed by atoms with Crippen molar-refractivity contribution in [3.8, 4) is 5.75 Å². The molecule has 0 aliphatic heterocycles. The summed E-state index contributed by atoms with van der Waals surface area (Å²) in [5.74, 6) is -0.121. The Labute approximate surface area is 110 Å². The van der Waals surface area contributed by atoms with E-state index in [1.54, 1.807) is 13.8 Å². The Bertz CT molecular complexity index is 439. The summed E-state index contributed by atoms with van der Waals surface area (Å²) >= 11 is 3.44. The molecule has 0 bridgehead atoms. The van der Waals surface area contributed by atoms with Crippen LogP contribution in [-0.4, -0.2) is 17.7 Å². The van der Waals surface area contributed by atoms with Crippen molar-refractivity contribution in [3.05, 3.63) is 27.7 Å². The van der Waals surface area contributed by atoms with Crippen molar-refractivity contribution in [3.63, 3.8) is 0 Å². The van der Waals surface area contributed by atoms with Gasteiger partial charge in [0.25, 0.3) is 0 Å². The van der Waals surface area contributed by atoms with Gasteiger partial charge in [0.2, 0.25) is 0 Å². The van der Waals surface area contributed by atoms with Crippen molar-refractivity contribution < 1.29 is 14.6 Å². The molecule has 0 saturated carbocycles. The lowest BCUT2D eigenvalue weighted by molar-refractivity contribution is -0.148. The Morgan fingerprint density at radius 2 is 1.94 bits per heavy atom. The summed E-state index contributed by atoms with van der Waals surface area (Å²) in [5, 5.41) is 9.00. The first-order valence-corrected chi connectivity index (χ1v) is 6.16. The summed E-state index contributed by atoms with van der Waals surface area (Å²) in [6.45, 7) is 7.36. The minimum Gasteiger partial charge on any atom is -0.492 e. The van der Waals surface area contributed by atoms with Gasteiger partial charge in [-0.05, 0) is 51.0 Å². The number of rotatable bonds is 4. The van der Waals surface area contributed by atoms with E-state index in [0.717, 1.165) is 21.3 Å². The lowest BCUT2D eigenvalue weighted by Gasteiger charge is -2.20. The largest absolute Gasteiger partial charge is 0.492 e. The highest BCUT2D eigenvalue weighted by atomic mass is 79.9. The molecule has 0 aliphatic carbocycles. The number of benzene rings is 1. The second kappa shape index (κ2) is 5.08. The van der Waals surface area contributed by atoms with Crippen LogP contribution < -0.4 is 4.74 Å². The normalized spacial score (nSPS) is 11.4. The third-order valence-corrected chi connectivity index (χ3v) is 3.48. The van der Waals surface area contributed by atoms with Crippen molar-refractivity contribution in [1.82, 2.24) is 0 Å². The van der Waals surface area contributed by atoms with Gasteiger partial charge in [0, 0.05) is 4.47 Å². The van der Waals surface area contributed by atoms with Gasteiger partial charge < -0.3 is 9.84 Å². The molecule has 0 amide bonds. The van der Waals surface area contributed by atoms with Crippen molar-refractivity contribution >= 4 is 21.9 Å². The van der Waals surface area contributed by atoms with Crippen LogP contribution in [0.15, 0.2) is 16.6 Å². The molecule has 0 aliphatic rings. The van der Waals surface area contributed by atoms with Crippen molar-refractivity contribution in [2.75, 3.05) is 6.61 Å². The third-order valence-electron chi connectivity index (χ3n) is 2.62. The first kappa shape index (κ1) is 14.0. The molecule has 1 rings (SSSR count). The fourth-order valence-corrected chi connectivity index (χ4v) is 1.69. The Morgan fingerprint density at radius 3 is 2.47 bits per heavy atom. The van der Waals surface area contributed by atoms with Crippen molar-refractivity contribution in [1.29, 1.82) is 0 Å². The molecular formula is C13H17BrO3. The van der Waals surface area contributed by atoms with Crippen LogP contribution in [-0.2, 0) is 4.79 Å². The van der Waals surface area contributed by atoms with E-state index in [1.165, 1.54) is 0 Å². The number of carbonyl (C=O) groups is 1. The van der Waals surface area contributed by atoms with E-state index in [2.05, 4.69) is 15.9 Å². The summed E-state index contributed by atoms with van der Waals surface area (Å²) in [6, 6.07) is 3.88. The molecule has 17 heavy (non-hydrogen) atoms. The molecule has 0 spiro atoms. The SMILES string of the molecule is Cc1cc(OCC(C)(C)C(=O)O)c(C)cc1Br. The minimum atomic E-state index is -0.882. The van der Waals surface area contributed by atoms with E-state index in [9.17, 15) is 4.79 Å². The zero-order valence-electron chi connectivity index (χ0n) is 10.5. The maximum absolute atomic E-state index is 11.0. The minimum absolute atomic E-state index is 0.157. The van der Waals surface area contributed by atoms with E-state index in [4.69, 9.17) is 9.84 Å². The molecule has 0 heterocycles. The number of aliphatic carboxylic acids is 1. The maximum atomic E-state index is 11.0. The highest BCUT2D eigenvalue weighted by molar-refractivity contribution is 9.10. The second-order valence-corrected chi connectivity index (χ2v) is 5.70. The first-order valence-electron chi connectivity index (χ1n) is 5.37. The number of halogens is 1. The van der Waals surface area contributed by atoms with Gasteiger partial charge in [-0.2, -0.15) is 0 Å². The Hall–Kier alpha value is -1.03. The molecule has 1 aromatic rings. The summed E-state index contributed by atoms with van der Waals surface area (Å²) in [7, 11) is 0. The first-order chi connectivity index (χ1) is 7.74. The van der Waals surface area contributed by atoms with Crippen LogP contribution in [0.2, 0.25) is 0 Å². The smallest absolute Gasteiger partial charge is 0.312 e. The average molecular weight is 301 g/mol. The molecule has 0 unspecified atom stereocenters. The van der Waals surface area contributed by atoms with Crippen molar-refractivity contribution in [2.24, 2.45) is 5.41 Å². The number of hydrogen-bond acceptors (Lipinski definition) is 2. The quantitative estimate of drug-likeness (QED) is 0.925. The zero-order valence-corrected chi connectivity index (χ0v) is 12.1. The van der Waals surface area contributed by atoms with Crippen LogP contribution in [0.4, 0.5) is 0 Å². The fraction of sp³-hybridized carbons (Fsp3) is 0.462. The van der Waals surface area contributed by atoms with E-state index in [0.29, 0.717) is 0 Å². The fourth-order valence-electron chi connectivity index (χ4n) is 1.23. The number of hydrogen-bond donors (Lipinski definition) is 1. The van der Waals surface area contributed by atoms with Gasteiger partial charge in [-0.15, -0.1) is 0 Å². The molecular weight excluding hydrogens is 284 g/mol. The third kappa shape index (κ3) is 3.46. The lowest BCUT2D eigenvalue weighted by atomic mass is 9.95. The van der Waals surface area contributed by atoms with Crippen LogP contribution >= 0.6 is 15.9 Å². The van der Waals surface area contributed by atoms with E-state index in [-0.39, 0.29) is 6.61 Å². The van der Waals surface area contributed by atoms with Gasteiger partial charge in [0.15, 0.2) is 0 Å². The maximum Gasteiger partial charge on any atom is 0.312 e. The summed E-state index contributed by atoms with van der Waals surface area (Å²) in [6.07, 6.45) is 0. The van der Waals surface area contributed by atoms with Gasteiger partial charge in [0.1, 0.15) is 12.4 Å². The standard InChI is InChI=1S/C13H17BrO3/c1-8-6-11(9(2)5-10(8)14)17-7-13(3,4)12(15)16/h5-6H,7H2,1-4H3,(H,15,16). The highest BCUT2D eigenvalue weighted by Crippen LogP contribution is 2.28. The predicted molar refractivity (Wildman–Crippen MR) is 70.5 cm³/mol. The summed E-state index contributed by atoms with van der Waals surface area (Å²) in [4.78, 5) is 11.0. The van der Waals surface area contributed by atoms with E-state index >= 15 is 0 Å². The number of carboxylic acid groups (broad SMARTS) is 1. The topological polar surface area (TPSA) is 46.5 Å². The molecule has 0 aromatic heterocycles. The predicted octanol–water partition coefficient (Wildman–Crippen LogP) is 3.56. The molecule has 0 fully saturated rings. The van der Waals surface area contributed by atoms with E-state index < -0.39 is 11.4 Å². The number of ether oxygens (including phenoxy) is 1. The zero-order chi connectivity index (χ0) is 13.2. The molecule has 1 N–H and O–H groups in total. The molecule has 4 heteroatoms. The van der Waals surface area contributed by atoms with Crippen LogP contribution in [0, 0.1) is 19.3 Å². The van der Waals surface area contributed by atoms with Crippen LogP contribution in [0.3, 0.4) is 0 Å². The molecule has 1 aromatic carbocycles. The summed E-state index contributed by atoms with van der Waals surface area (Å²) < 4.78 is 6.62. The lowest BCUT2D eigenvalue weighted by Crippen LogP contribution is -2.30. The molecule has 0 atom stereocenters. The molecule has 3 nitrogen and oxygen atoms in total. The van der Waals surface area contributed by atoms with Crippen molar-refractivity contribution in [2.45, 2.75) is 27.7 Å². The monoisotopic (exact) mass is 300 g/mol. The van der Waals surface area contributed by atoms with E-state index in [1.807, 2.05) is 26.0 Å². The highest BCUT2D eigenvalue weighted by Gasteiger charge is 2.28. The molecule has 0 radical (unpaired) electrons. The van der Waals surface area contributed by atoms with Gasteiger partial charge in [-0.1, -0.05) is 15.9 Å². The molecule has 0 saturated heterocycles.